The van der Waals surface area contributed by atoms with Crippen molar-refractivity contribution in [2.24, 2.45) is 0 Å². The Kier molecular flexibility index (Phi) is 5.53. The molecule has 0 aliphatic carbocycles. The molecule has 0 saturated heterocycles. The Morgan fingerprint density at radius 2 is 1.65 bits per heavy atom. The number of pyridine rings is 1. The van der Waals surface area contributed by atoms with Crippen LogP contribution in [-0.4, -0.2) is 17.4 Å². The van der Waals surface area contributed by atoms with Crippen LogP contribution in [0, 0.1) is 11.6 Å². The van der Waals surface area contributed by atoms with Crippen molar-refractivity contribution in [1.29, 1.82) is 0 Å². The molecular formula is C20H17F2N3O. The van der Waals surface area contributed by atoms with Gasteiger partial charge in [-0.1, -0.05) is 30.3 Å². The van der Waals surface area contributed by atoms with Crippen LogP contribution in [-0.2, 0) is 6.42 Å². The molecule has 0 saturated carbocycles. The van der Waals surface area contributed by atoms with Crippen molar-refractivity contribution in [3.8, 4) is 0 Å². The molecule has 132 valence electrons. The molecule has 4 nitrogen and oxygen atoms in total. The average molecular weight is 353 g/mol. The van der Waals surface area contributed by atoms with Crippen LogP contribution >= 0.6 is 0 Å². The lowest BCUT2D eigenvalue weighted by molar-refractivity contribution is 0.102. The lowest BCUT2D eigenvalue weighted by Crippen LogP contribution is -2.14. The van der Waals surface area contributed by atoms with Crippen molar-refractivity contribution >= 4 is 17.4 Å². The number of carbonyl (C=O) groups is 1. The van der Waals surface area contributed by atoms with Gasteiger partial charge in [0.25, 0.3) is 5.91 Å². The minimum atomic E-state index is -0.587. The summed E-state index contributed by atoms with van der Waals surface area (Å²) in [7, 11) is 0. The first-order chi connectivity index (χ1) is 12.6. The van der Waals surface area contributed by atoms with E-state index in [4.69, 9.17) is 0 Å². The van der Waals surface area contributed by atoms with Crippen molar-refractivity contribution in [3.05, 3.63) is 89.6 Å². The molecule has 1 aromatic heterocycles. The van der Waals surface area contributed by atoms with Crippen LogP contribution in [0.5, 0.6) is 0 Å². The number of amides is 1. The zero-order valence-electron chi connectivity index (χ0n) is 13.9. The summed E-state index contributed by atoms with van der Waals surface area (Å²) in [6, 6.07) is 15.7. The van der Waals surface area contributed by atoms with E-state index < -0.39 is 11.7 Å². The largest absolute Gasteiger partial charge is 0.383 e. The number of hydrogen-bond donors (Lipinski definition) is 2. The number of benzene rings is 2. The zero-order chi connectivity index (χ0) is 18.4. The Hall–Kier alpha value is -3.28. The third-order valence-electron chi connectivity index (χ3n) is 3.80. The van der Waals surface area contributed by atoms with Crippen LogP contribution in [0.15, 0.2) is 66.9 Å². The Balaban J connectivity index is 1.54. The fourth-order valence-electron chi connectivity index (χ4n) is 2.44. The molecule has 0 aliphatic rings. The van der Waals surface area contributed by atoms with E-state index in [2.05, 4.69) is 15.6 Å². The molecule has 0 atom stereocenters. The third-order valence-corrected chi connectivity index (χ3v) is 3.80. The molecular weight excluding hydrogens is 336 g/mol. The van der Waals surface area contributed by atoms with Gasteiger partial charge in [-0.2, -0.15) is 0 Å². The Labute approximate surface area is 149 Å². The fraction of sp³-hybridized carbons (Fsp3) is 0.100. The maximum Gasteiger partial charge on any atom is 0.259 e. The minimum absolute atomic E-state index is 0.0404. The molecule has 0 radical (unpaired) electrons. The molecule has 0 fully saturated rings. The van der Waals surface area contributed by atoms with E-state index in [0.29, 0.717) is 24.3 Å². The first kappa shape index (κ1) is 17.5. The number of halogens is 2. The summed E-state index contributed by atoms with van der Waals surface area (Å²) in [4.78, 5) is 16.2. The first-order valence-electron chi connectivity index (χ1n) is 8.13. The van der Waals surface area contributed by atoms with E-state index in [0.717, 1.165) is 5.69 Å². The normalized spacial score (nSPS) is 10.4. The molecule has 26 heavy (non-hydrogen) atoms. The van der Waals surface area contributed by atoms with E-state index in [1.54, 1.807) is 42.6 Å². The van der Waals surface area contributed by atoms with Gasteiger partial charge in [0.2, 0.25) is 0 Å². The highest BCUT2D eigenvalue weighted by Gasteiger charge is 2.11. The predicted molar refractivity (Wildman–Crippen MR) is 97.2 cm³/mol. The summed E-state index contributed by atoms with van der Waals surface area (Å²) in [5, 5.41) is 5.69. The monoisotopic (exact) mass is 353 g/mol. The Bertz CT molecular complexity index is 898. The van der Waals surface area contributed by atoms with Crippen LogP contribution in [0.2, 0.25) is 0 Å². The molecule has 0 aliphatic heterocycles. The topological polar surface area (TPSA) is 54.0 Å². The number of aromatic nitrogens is 1. The van der Waals surface area contributed by atoms with Gasteiger partial charge in [-0.3, -0.25) is 4.79 Å². The van der Waals surface area contributed by atoms with E-state index in [9.17, 15) is 13.6 Å². The van der Waals surface area contributed by atoms with Crippen molar-refractivity contribution in [2.75, 3.05) is 17.2 Å². The number of nitrogens with zero attached hydrogens (tertiary/aromatic N) is 1. The second-order valence-corrected chi connectivity index (χ2v) is 5.63. The number of hydrogen-bond acceptors (Lipinski definition) is 3. The highest BCUT2D eigenvalue weighted by Crippen LogP contribution is 2.13. The molecule has 0 spiro atoms. The van der Waals surface area contributed by atoms with Crippen molar-refractivity contribution in [2.45, 2.75) is 6.42 Å². The zero-order valence-corrected chi connectivity index (χ0v) is 13.9. The molecule has 1 heterocycles. The van der Waals surface area contributed by atoms with Gasteiger partial charge in [-0.05, 0) is 42.3 Å². The predicted octanol–water partition coefficient (Wildman–Crippen LogP) is 4.27. The molecule has 0 bridgehead atoms. The van der Waals surface area contributed by atoms with Crippen molar-refractivity contribution in [3.63, 3.8) is 0 Å². The average Bonchev–Trinajstić information content (AvgIpc) is 2.65. The summed E-state index contributed by atoms with van der Waals surface area (Å²) in [5.41, 5.74) is 1.34. The maximum atomic E-state index is 13.6. The van der Waals surface area contributed by atoms with Crippen LogP contribution in [0.4, 0.5) is 20.3 Å². The molecule has 3 rings (SSSR count). The summed E-state index contributed by atoms with van der Waals surface area (Å²) in [6.45, 7) is 0.545. The number of anilines is 2. The smallest absolute Gasteiger partial charge is 0.259 e. The quantitative estimate of drug-likeness (QED) is 0.696. The van der Waals surface area contributed by atoms with Crippen LogP contribution in [0.25, 0.3) is 0 Å². The molecule has 2 aromatic carbocycles. The first-order valence-corrected chi connectivity index (χ1v) is 8.13. The maximum absolute atomic E-state index is 13.6. The van der Waals surface area contributed by atoms with Gasteiger partial charge in [-0.15, -0.1) is 0 Å². The van der Waals surface area contributed by atoms with Crippen molar-refractivity contribution < 1.29 is 13.6 Å². The van der Waals surface area contributed by atoms with E-state index in [1.165, 1.54) is 24.3 Å². The van der Waals surface area contributed by atoms with Gasteiger partial charge in [-0.25, -0.2) is 13.8 Å². The second-order valence-electron chi connectivity index (χ2n) is 5.63. The van der Waals surface area contributed by atoms with Gasteiger partial charge in [0, 0.05) is 6.54 Å². The molecule has 2 N–H and O–H groups in total. The van der Waals surface area contributed by atoms with Gasteiger partial charge < -0.3 is 10.6 Å². The number of rotatable bonds is 6. The van der Waals surface area contributed by atoms with E-state index in [1.807, 2.05) is 0 Å². The highest BCUT2D eigenvalue weighted by molar-refractivity contribution is 6.03. The van der Waals surface area contributed by atoms with Gasteiger partial charge in [0.05, 0.1) is 17.4 Å². The molecule has 1 amide bonds. The summed E-state index contributed by atoms with van der Waals surface area (Å²) in [5.74, 6) is -1.05. The fourth-order valence-corrected chi connectivity index (χ4v) is 2.44. The second kappa shape index (κ2) is 8.20. The van der Waals surface area contributed by atoms with Crippen LogP contribution in [0.3, 0.4) is 0 Å². The molecule has 6 heteroatoms. The Morgan fingerprint density at radius 3 is 2.35 bits per heavy atom. The summed E-state index contributed by atoms with van der Waals surface area (Å²) < 4.78 is 27.1. The lowest BCUT2D eigenvalue weighted by atomic mass is 10.1. The lowest BCUT2D eigenvalue weighted by Gasteiger charge is -2.09. The van der Waals surface area contributed by atoms with Gasteiger partial charge >= 0.3 is 0 Å². The van der Waals surface area contributed by atoms with E-state index >= 15 is 0 Å². The molecule has 3 aromatic rings. The standard InChI is InChI=1S/C20H17F2N3O/c21-17-7-3-1-5-14(17)11-12-23-15-9-10-19(24-13-15)25-20(26)16-6-2-4-8-18(16)22/h1-10,13,23H,11-12H2,(H,24,25,26). The summed E-state index contributed by atoms with van der Waals surface area (Å²) in [6.07, 6.45) is 2.09. The Morgan fingerprint density at radius 1 is 0.923 bits per heavy atom. The molecule has 0 unspecified atom stereocenters. The highest BCUT2D eigenvalue weighted by atomic mass is 19.1. The summed E-state index contributed by atoms with van der Waals surface area (Å²) >= 11 is 0. The minimum Gasteiger partial charge on any atom is -0.383 e. The van der Waals surface area contributed by atoms with Crippen LogP contribution < -0.4 is 10.6 Å². The SMILES string of the molecule is O=C(Nc1ccc(NCCc2ccccc2F)cn1)c1ccccc1F. The third kappa shape index (κ3) is 4.42. The van der Waals surface area contributed by atoms with E-state index in [-0.39, 0.29) is 11.4 Å². The van der Waals surface area contributed by atoms with Gasteiger partial charge in [0.15, 0.2) is 0 Å². The van der Waals surface area contributed by atoms with Crippen LogP contribution in [0.1, 0.15) is 15.9 Å². The number of nitrogens with one attached hydrogen (secondary N) is 2. The van der Waals surface area contributed by atoms with Crippen molar-refractivity contribution in [1.82, 2.24) is 4.98 Å². The van der Waals surface area contributed by atoms with Gasteiger partial charge in [0.1, 0.15) is 17.5 Å². The number of carbonyl (C=O) groups excluding carboxylic acids is 1.